The average Bonchev–Trinajstić information content (AvgIpc) is 2.89. The number of amides is 2. The summed E-state index contributed by atoms with van der Waals surface area (Å²) in [6.07, 6.45) is -4.58. The molecule has 0 aliphatic carbocycles. The fourth-order valence-electron chi connectivity index (χ4n) is 4.35. The van der Waals surface area contributed by atoms with Crippen LogP contribution in [-0.2, 0) is 12.7 Å². The number of carbonyl (C=O) groups is 2. The normalized spacial score (nSPS) is 14.8. The number of carbonyl (C=O) groups excluding carboxylic acids is 2. The second-order valence-corrected chi connectivity index (χ2v) is 9.52. The molecule has 0 saturated carbocycles. The van der Waals surface area contributed by atoms with Crippen LogP contribution in [0.3, 0.4) is 0 Å². The fourth-order valence-corrected chi connectivity index (χ4v) is 4.58. The summed E-state index contributed by atoms with van der Waals surface area (Å²) in [5.74, 6) is -1.04. The van der Waals surface area contributed by atoms with E-state index in [-0.39, 0.29) is 40.0 Å². The molecule has 2 amide bonds. The zero-order valence-electron chi connectivity index (χ0n) is 20.8. The summed E-state index contributed by atoms with van der Waals surface area (Å²) in [4.78, 5) is 29.7. The van der Waals surface area contributed by atoms with Crippen molar-refractivity contribution in [3.05, 3.63) is 94.0 Å². The summed E-state index contributed by atoms with van der Waals surface area (Å²) in [6.45, 7) is 6.19. The van der Waals surface area contributed by atoms with Gasteiger partial charge in [-0.15, -0.1) is 0 Å². The van der Waals surface area contributed by atoms with Gasteiger partial charge in [0.05, 0.1) is 5.56 Å². The Morgan fingerprint density at radius 3 is 2.11 bits per heavy atom. The number of hydrogen-bond donors (Lipinski definition) is 2. The van der Waals surface area contributed by atoms with Crippen molar-refractivity contribution in [3.8, 4) is 0 Å². The highest BCUT2D eigenvalue weighted by Crippen LogP contribution is 2.35. The van der Waals surface area contributed by atoms with Crippen LogP contribution in [0, 0.1) is 0 Å². The highest BCUT2D eigenvalue weighted by molar-refractivity contribution is 6.31. The Bertz CT molecular complexity index is 1290. The van der Waals surface area contributed by atoms with Gasteiger partial charge in [0, 0.05) is 60.2 Å². The van der Waals surface area contributed by atoms with Crippen LogP contribution < -0.4 is 10.6 Å². The Morgan fingerprint density at radius 2 is 1.45 bits per heavy atom. The predicted octanol–water partition coefficient (Wildman–Crippen LogP) is 6.00. The minimum absolute atomic E-state index is 0.0109. The van der Waals surface area contributed by atoms with Crippen molar-refractivity contribution in [1.29, 1.82) is 0 Å². The number of hydrogen-bond acceptors (Lipinski definition) is 4. The van der Waals surface area contributed by atoms with E-state index in [0.29, 0.717) is 18.7 Å². The molecule has 4 rings (SSSR count). The van der Waals surface area contributed by atoms with Gasteiger partial charge in [0.15, 0.2) is 0 Å². The van der Waals surface area contributed by atoms with Gasteiger partial charge in [0.2, 0.25) is 0 Å². The molecule has 2 N–H and O–H groups in total. The number of rotatable bonds is 7. The van der Waals surface area contributed by atoms with Crippen LogP contribution in [0.25, 0.3) is 0 Å². The van der Waals surface area contributed by atoms with Crippen molar-refractivity contribution in [3.63, 3.8) is 0 Å². The van der Waals surface area contributed by atoms with Crippen molar-refractivity contribution in [2.24, 2.45) is 0 Å². The van der Waals surface area contributed by atoms with Crippen molar-refractivity contribution in [1.82, 2.24) is 9.80 Å². The molecule has 0 bridgehead atoms. The second-order valence-electron chi connectivity index (χ2n) is 9.08. The molecular formula is C28H28ClF3N4O2. The van der Waals surface area contributed by atoms with Gasteiger partial charge in [-0.05, 0) is 54.6 Å². The lowest BCUT2D eigenvalue weighted by Crippen LogP contribution is -2.45. The molecular weight excluding hydrogens is 517 g/mol. The van der Waals surface area contributed by atoms with E-state index in [1.54, 1.807) is 30.3 Å². The molecule has 1 aliphatic heterocycles. The van der Waals surface area contributed by atoms with Crippen LogP contribution in [0.5, 0.6) is 0 Å². The van der Waals surface area contributed by atoms with E-state index >= 15 is 0 Å². The first-order valence-electron chi connectivity index (χ1n) is 12.3. The number of likely N-dealkylation sites (N-methyl/N-ethyl adjacent to an activating group) is 1. The third-order valence-corrected chi connectivity index (χ3v) is 6.65. The van der Waals surface area contributed by atoms with E-state index in [2.05, 4.69) is 22.5 Å². The van der Waals surface area contributed by atoms with Crippen molar-refractivity contribution < 1.29 is 22.8 Å². The molecule has 6 nitrogen and oxygen atoms in total. The largest absolute Gasteiger partial charge is 0.416 e. The molecule has 0 atom stereocenters. The van der Waals surface area contributed by atoms with E-state index in [1.807, 2.05) is 4.90 Å². The topological polar surface area (TPSA) is 64.7 Å². The number of benzene rings is 3. The number of halogens is 4. The van der Waals surface area contributed by atoms with Crippen LogP contribution >= 0.6 is 11.6 Å². The smallest absolute Gasteiger partial charge is 0.322 e. The molecule has 0 spiro atoms. The first kappa shape index (κ1) is 27.6. The molecule has 38 heavy (non-hydrogen) atoms. The first-order valence-corrected chi connectivity index (χ1v) is 12.6. The SMILES string of the molecule is CCN1CCN(Cc2ccc(NC(=O)c3cc(Cl)cc(NC(=O)c4ccccc4)c3)cc2C(F)(F)F)CC1. The summed E-state index contributed by atoms with van der Waals surface area (Å²) in [7, 11) is 0. The zero-order valence-corrected chi connectivity index (χ0v) is 21.6. The molecule has 0 radical (unpaired) electrons. The zero-order chi connectivity index (χ0) is 27.3. The number of anilines is 2. The Balaban J connectivity index is 1.49. The summed E-state index contributed by atoms with van der Waals surface area (Å²) >= 11 is 6.16. The minimum atomic E-state index is -4.58. The molecule has 0 aromatic heterocycles. The third kappa shape index (κ3) is 7.12. The molecule has 1 heterocycles. The van der Waals surface area contributed by atoms with Gasteiger partial charge in [-0.2, -0.15) is 13.2 Å². The molecule has 200 valence electrons. The minimum Gasteiger partial charge on any atom is -0.322 e. The predicted molar refractivity (Wildman–Crippen MR) is 143 cm³/mol. The monoisotopic (exact) mass is 544 g/mol. The fraction of sp³-hybridized carbons (Fsp3) is 0.286. The van der Waals surface area contributed by atoms with Crippen molar-refractivity contribution >= 4 is 34.8 Å². The maximum Gasteiger partial charge on any atom is 0.416 e. The molecule has 3 aromatic carbocycles. The van der Waals surface area contributed by atoms with Gasteiger partial charge in [-0.25, -0.2) is 0 Å². The Morgan fingerprint density at radius 1 is 0.816 bits per heavy atom. The molecule has 1 saturated heterocycles. The summed E-state index contributed by atoms with van der Waals surface area (Å²) in [5.41, 5.74) is 0.185. The van der Waals surface area contributed by atoms with Crippen LogP contribution in [0.2, 0.25) is 5.02 Å². The quantitative estimate of drug-likeness (QED) is 0.383. The van der Waals surface area contributed by atoms with Gasteiger partial charge < -0.3 is 15.5 Å². The van der Waals surface area contributed by atoms with Gasteiger partial charge in [-0.3, -0.25) is 14.5 Å². The number of piperazine rings is 1. The lowest BCUT2D eigenvalue weighted by Gasteiger charge is -2.34. The molecule has 1 aliphatic rings. The Hall–Kier alpha value is -3.40. The van der Waals surface area contributed by atoms with Crippen LogP contribution in [0.1, 0.15) is 38.8 Å². The average molecular weight is 545 g/mol. The van der Waals surface area contributed by atoms with E-state index in [1.165, 1.54) is 30.3 Å². The van der Waals surface area contributed by atoms with E-state index in [0.717, 1.165) is 25.7 Å². The first-order chi connectivity index (χ1) is 18.1. The van der Waals surface area contributed by atoms with Crippen molar-refractivity contribution in [2.45, 2.75) is 19.6 Å². The highest BCUT2D eigenvalue weighted by atomic mass is 35.5. The van der Waals surface area contributed by atoms with Gasteiger partial charge in [0.25, 0.3) is 11.8 Å². The van der Waals surface area contributed by atoms with E-state index < -0.39 is 17.6 Å². The lowest BCUT2D eigenvalue weighted by atomic mass is 10.0. The molecule has 0 unspecified atom stereocenters. The molecule has 1 fully saturated rings. The number of alkyl halides is 3. The van der Waals surface area contributed by atoms with Crippen LogP contribution in [0.4, 0.5) is 24.5 Å². The number of nitrogens with one attached hydrogen (secondary N) is 2. The third-order valence-electron chi connectivity index (χ3n) is 6.43. The standard InChI is InChI=1S/C28H28ClF3N4O2/c1-2-35-10-12-36(13-11-35)18-20-8-9-23(17-25(20)28(30,31)32)33-27(38)21-14-22(29)16-24(15-21)34-26(37)19-6-4-3-5-7-19/h3-9,14-17H,2,10-13,18H2,1H3,(H,33,38)(H,34,37). The summed E-state index contributed by atoms with van der Waals surface area (Å²) in [5, 5.41) is 5.39. The second kappa shape index (κ2) is 12.0. The van der Waals surface area contributed by atoms with E-state index in [9.17, 15) is 22.8 Å². The van der Waals surface area contributed by atoms with Gasteiger partial charge in [0.1, 0.15) is 0 Å². The van der Waals surface area contributed by atoms with Gasteiger partial charge in [-0.1, -0.05) is 42.8 Å². The maximum absolute atomic E-state index is 13.9. The maximum atomic E-state index is 13.9. The Kier molecular flexibility index (Phi) is 8.71. The van der Waals surface area contributed by atoms with Gasteiger partial charge >= 0.3 is 6.18 Å². The Labute approximate surface area is 224 Å². The summed E-state index contributed by atoms with van der Waals surface area (Å²) in [6, 6.07) is 16.6. The molecule has 10 heteroatoms. The lowest BCUT2D eigenvalue weighted by molar-refractivity contribution is -0.138. The highest BCUT2D eigenvalue weighted by Gasteiger charge is 2.34. The van der Waals surface area contributed by atoms with E-state index in [4.69, 9.17) is 11.6 Å². The van der Waals surface area contributed by atoms with Crippen LogP contribution in [-0.4, -0.2) is 54.3 Å². The summed E-state index contributed by atoms with van der Waals surface area (Å²) < 4.78 is 41.8. The molecule has 3 aromatic rings. The number of nitrogens with zero attached hydrogens (tertiary/aromatic N) is 2. The van der Waals surface area contributed by atoms with Crippen LogP contribution in [0.15, 0.2) is 66.7 Å². The van der Waals surface area contributed by atoms with Crippen molar-refractivity contribution in [2.75, 3.05) is 43.4 Å².